The van der Waals surface area contributed by atoms with Crippen LogP contribution in [0.1, 0.15) is 35.2 Å². The van der Waals surface area contributed by atoms with E-state index in [0.717, 1.165) is 49.2 Å². The summed E-state index contributed by atoms with van der Waals surface area (Å²) in [7, 11) is 1.79. The third kappa shape index (κ3) is 8.01. The molecule has 26 heavy (non-hydrogen) atoms. The van der Waals surface area contributed by atoms with E-state index in [0.29, 0.717) is 6.61 Å². The Morgan fingerprint density at radius 3 is 2.65 bits per heavy atom. The van der Waals surface area contributed by atoms with Gasteiger partial charge in [-0.25, -0.2) is 4.98 Å². The van der Waals surface area contributed by atoms with Crippen LogP contribution >= 0.6 is 35.3 Å². The number of nitrogens with zero attached hydrogens (tertiary/aromatic N) is 2. The van der Waals surface area contributed by atoms with Crippen LogP contribution in [0.2, 0.25) is 0 Å². The number of guanidine groups is 1. The molecule has 0 aliphatic carbocycles. The number of hydrogen-bond acceptors (Lipinski definition) is 4. The fraction of sp³-hybridized carbons (Fsp3) is 0.474. The Bertz CT molecular complexity index is 675. The van der Waals surface area contributed by atoms with Crippen LogP contribution in [0.3, 0.4) is 0 Å². The number of aryl methyl sites for hydroxylation is 1. The van der Waals surface area contributed by atoms with Crippen molar-refractivity contribution >= 4 is 41.3 Å². The number of nitrogens with one attached hydrogen (secondary N) is 2. The van der Waals surface area contributed by atoms with Gasteiger partial charge in [0.2, 0.25) is 0 Å². The van der Waals surface area contributed by atoms with E-state index < -0.39 is 0 Å². The van der Waals surface area contributed by atoms with Crippen LogP contribution < -0.4 is 10.6 Å². The fourth-order valence-electron chi connectivity index (χ4n) is 2.43. The summed E-state index contributed by atoms with van der Waals surface area (Å²) < 4.78 is 5.68. The van der Waals surface area contributed by atoms with Gasteiger partial charge in [0, 0.05) is 38.5 Å². The monoisotopic (exact) mass is 488 g/mol. The van der Waals surface area contributed by atoms with Gasteiger partial charge in [-0.2, -0.15) is 0 Å². The van der Waals surface area contributed by atoms with Gasteiger partial charge in [-0.05, 0) is 24.5 Å². The van der Waals surface area contributed by atoms with Crippen LogP contribution in [0.5, 0.6) is 0 Å². The fourth-order valence-corrected chi connectivity index (χ4v) is 3.08. The van der Waals surface area contributed by atoms with E-state index in [2.05, 4.69) is 57.2 Å². The molecule has 0 spiro atoms. The van der Waals surface area contributed by atoms with E-state index in [9.17, 15) is 0 Å². The van der Waals surface area contributed by atoms with E-state index in [1.54, 1.807) is 18.4 Å². The van der Waals surface area contributed by atoms with Crippen molar-refractivity contribution in [1.82, 2.24) is 15.6 Å². The summed E-state index contributed by atoms with van der Waals surface area (Å²) in [6, 6.07) is 8.36. The summed E-state index contributed by atoms with van der Waals surface area (Å²) in [4.78, 5) is 8.77. The molecule has 0 aliphatic rings. The second kappa shape index (κ2) is 13.1. The molecule has 7 heteroatoms. The van der Waals surface area contributed by atoms with Crippen LogP contribution in [0.4, 0.5) is 0 Å². The van der Waals surface area contributed by atoms with Crippen LogP contribution in [0.15, 0.2) is 34.6 Å². The van der Waals surface area contributed by atoms with Crippen molar-refractivity contribution < 1.29 is 4.74 Å². The lowest BCUT2D eigenvalue weighted by Gasteiger charge is -2.14. The first-order valence-electron chi connectivity index (χ1n) is 8.73. The van der Waals surface area contributed by atoms with Crippen LogP contribution in [-0.4, -0.2) is 31.1 Å². The minimum atomic E-state index is 0. The summed E-state index contributed by atoms with van der Waals surface area (Å²) in [6.45, 7) is 7.13. The number of halogens is 1. The molecule has 0 saturated heterocycles. The molecule has 0 fully saturated rings. The lowest BCUT2D eigenvalue weighted by Crippen LogP contribution is -2.38. The molecular weight excluding hydrogens is 459 g/mol. The third-order valence-corrected chi connectivity index (χ3v) is 4.56. The molecule has 0 atom stereocenters. The van der Waals surface area contributed by atoms with E-state index in [1.807, 2.05) is 6.92 Å². The maximum atomic E-state index is 5.68. The summed E-state index contributed by atoms with van der Waals surface area (Å²) >= 11 is 1.69. The van der Waals surface area contributed by atoms with Crippen molar-refractivity contribution in [1.29, 1.82) is 0 Å². The SMILES string of the molecule is CCCOCc1ccccc1CNC(=NC)NCCc1csc(C)n1.I. The predicted octanol–water partition coefficient (Wildman–Crippen LogP) is 3.90. The largest absolute Gasteiger partial charge is 0.377 e. The molecule has 1 heterocycles. The topological polar surface area (TPSA) is 58.5 Å². The van der Waals surface area contributed by atoms with E-state index >= 15 is 0 Å². The molecule has 2 N–H and O–H groups in total. The lowest BCUT2D eigenvalue weighted by molar-refractivity contribution is 0.121. The highest BCUT2D eigenvalue weighted by Gasteiger charge is 2.04. The highest BCUT2D eigenvalue weighted by atomic mass is 127. The van der Waals surface area contributed by atoms with Gasteiger partial charge in [0.25, 0.3) is 0 Å². The van der Waals surface area contributed by atoms with Gasteiger partial charge in [-0.15, -0.1) is 35.3 Å². The molecule has 0 aliphatic heterocycles. The highest BCUT2D eigenvalue weighted by Crippen LogP contribution is 2.10. The van der Waals surface area contributed by atoms with Crippen molar-refractivity contribution in [3.05, 3.63) is 51.5 Å². The van der Waals surface area contributed by atoms with Gasteiger partial charge < -0.3 is 15.4 Å². The zero-order valence-electron chi connectivity index (χ0n) is 15.7. The summed E-state index contributed by atoms with van der Waals surface area (Å²) in [5.74, 6) is 0.802. The van der Waals surface area contributed by atoms with Crippen molar-refractivity contribution in [3.63, 3.8) is 0 Å². The average Bonchev–Trinajstić information content (AvgIpc) is 3.04. The average molecular weight is 488 g/mol. The molecule has 144 valence electrons. The van der Waals surface area contributed by atoms with Gasteiger partial charge in [-0.1, -0.05) is 31.2 Å². The Balaban J connectivity index is 0.00000338. The predicted molar refractivity (Wildman–Crippen MR) is 121 cm³/mol. The maximum Gasteiger partial charge on any atom is 0.191 e. The zero-order chi connectivity index (χ0) is 17.9. The number of aromatic nitrogens is 1. The first-order chi connectivity index (χ1) is 12.2. The molecule has 0 bridgehead atoms. The van der Waals surface area contributed by atoms with Crippen molar-refractivity contribution in [2.75, 3.05) is 20.2 Å². The second-order valence-electron chi connectivity index (χ2n) is 5.78. The smallest absolute Gasteiger partial charge is 0.191 e. The number of thiazole rings is 1. The molecular formula is C19H29IN4OS. The quantitative estimate of drug-likeness (QED) is 0.243. The molecule has 0 amide bonds. The van der Waals surface area contributed by atoms with Gasteiger partial charge in [0.15, 0.2) is 5.96 Å². The minimum absolute atomic E-state index is 0. The van der Waals surface area contributed by atoms with Crippen LogP contribution in [-0.2, 0) is 24.3 Å². The Hall–Kier alpha value is -1.19. The number of rotatable bonds is 9. The Kier molecular flexibility index (Phi) is 11.5. The Labute approximate surface area is 177 Å². The van der Waals surface area contributed by atoms with Gasteiger partial charge in [-0.3, -0.25) is 4.99 Å². The van der Waals surface area contributed by atoms with Crippen molar-refractivity contribution in [2.24, 2.45) is 4.99 Å². The molecule has 0 unspecified atom stereocenters. The zero-order valence-corrected chi connectivity index (χ0v) is 18.9. The summed E-state index contributed by atoms with van der Waals surface area (Å²) in [5, 5.41) is 9.94. The van der Waals surface area contributed by atoms with E-state index in [1.165, 1.54) is 11.1 Å². The minimum Gasteiger partial charge on any atom is -0.377 e. The second-order valence-corrected chi connectivity index (χ2v) is 6.84. The number of hydrogen-bond donors (Lipinski definition) is 2. The van der Waals surface area contributed by atoms with Gasteiger partial charge in [0.05, 0.1) is 17.3 Å². The summed E-state index contributed by atoms with van der Waals surface area (Å²) in [6.07, 6.45) is 1.93. The molecule has 1 aromatic heterocycles. The summed E-state index contributed by atoms with van der Waals surface area (Å²) in [5.41, 5.74) is 3.58. The standard InChI is InChI=1S/C19H28N4OS.HI/c1-4-11-24-13-17-8-6-5-7-16(17)12-22-19(20-3)21-10-9-18-14-25-15(2)23-18;/h5-8,14H,4,9-13H2,1-3H3,(H2,20,21,22);1H. The molecule has 0 radical (unpaired) electrons. The van der Waals surface area contributed by atoms with Gasteiger partial charge in [0.1, 0.15) is 0 Å². The number of ether oxygens (including phenoxy) is 1. The molecule has 2 aromatic rings. The molecule has 0 saturated carbocycles. The number of aliphatic imine (C=N–C) groups is 1. The molecule has 1 aromatic carbocycles. The van der Waals surface area contributed by atoms with E-state index in [4.69, 9.17) is 4.74 Å². The first-order valence-corrected chi connectivity index (χ1v) is 9.61. The third-order valence-electron chi connectivity index (χ3n) is 3.73. The highest BCUT2D eigenvalue weighted by molar-refractivity contribution is 14.0. The molecule has 5 nitrogen and oxygen atoms in total. The van der Waals surface area contributed by atoms with Crippen molar-refractivity contribution in [2.45, 2.75) is 39.8 Å². The van der Waals surface area contributed by atoms with Gasteiger partial charge >= 0.3 is 0 Å². The normalized spacial score (nSPS) is 11.1. The van der Waals surface area contributed by atoms with Crippen molar-refractivity contribution in [3.8, 4) is 0 Å². The number of benzene rings is 1. The Morgan fingerprint density at radius 1 is 1.23 bits per heavy atom. The van der Waals surface area contributed by atoms with E-state index in [-0.39, 0.29) is 24.0 Å². The van der Waals surface area contributed by atoms with Crippen LogP contribution in [0, 0.1) is 6.92 Å². The lowest BCUT2D eigenvalue weighted by atomic mass is 10.1. The first kappa shape index (κ1) is 22.9. The molecule has 2 rings (SSSR count). The van der Waals surface area contributed by atoms with Crippen LogP contribution in [0.25, 0.3) is 0 Å². The Morgan fingerprint density at radius 2 is 2.00 bits per heavy atom. The maximum absolute atomic E-state index is 5.68.